The molecule has 2 nitrogen and oxygen atoms in total. The van der Waals surface area contributed by atoms with Gasteiger partial charge in [0, 0.05) is 13.6 Å². The first kappa shape index (κ1) is 8.57. The second kappa shape index (κ2) is 3.04. The highest BCUT2D eigenvalue weighted by Crippen LogP contribution is 2.27. The number of hydrogen-bond acceptors (Lipinski definition) is 2. The molecule has 1 N–H and O–H groups in total. The molecule has 13 heavy (non-hydrogen) atoms. The van der Waals surface area contributed by atoms with Crippen LogP contribution in [0.3, 0.4) is 0 Å². The fourth-order valence-corrected chi connectivity index (χ4v) is 1.70. The normalized spacial score (nSPS) is 16.0. The zero-order valence-corrected chi connectivity index (χ0v) is 8.46. The zero-order chi connectivity index (χ0) is 9.42. The van der Waals surface area contributed by atoms with Crippen LogP contribution in [0.5, 0.6) is 0 Å². The van der Waals surface area contributed by atoms with Gasteiger partial charge in [-0.2, -0.15) is 0 Å². The molecule has 0 amide bonds. The van der Waals surface area contributed by atoms with Gasteiger partial charge in [-0.3, -0.25) is 0 Å². The molecule has 0 saturated heterocycles. The zero-order valence-electron chi connectivity index (χ0n) is 8.46. The topological polar surface area (TPSA) is 15.3 Å². The first-order valence-electron chi connectivity index (χ1n) is 4.77. The highest BCUT2D eigenvalue weighted by atomic mass is 15.5. The Hall–Kier alpha value is -1.02. The number of benzene rings is 1. The summed E-state index contributed by atoms with van der Waals surface area (Å²) in [6.45, 7) is 5.45. The first-order valence-corrected chi connectivity index (χ1v) is 4.77. The highest BCUT2D eigenvalue weighted by Gasteiger charge is 2.14. The van der Waals surface area contributed by atoms with Crippen molar-refractivity contribution >= 4 is 5.69 Å². The van der Waals surface area contributed by atoms with Crippen molar-refractivity contribution in [1.29, 1.82) is 0 Å². The summed E-state index contributed by atoms with van der Waals surface area (Å²) in [4.78, 5) is 0. The molecule has 0 atom stereocenters. The Labute approximate surface area is 79.5 Å². The summed E-state index contributed by atoms with van der Waals surface area (Å²) in [7, 11) is 2.06. The fourth-order valence-electron chi connectivity index (χ4n) is 1.70. The number of nitrogens with zero attached hydrogens (tertiary/aromatic N) is 1. The molecule has 0 saturated carbocycles. The maximum Gasteiger partial charge on any atom is 0.0538 e. The molecule has 2 rings (SSSR count). The van der Waals surface area contributed by atoms with Gasteiger partial charge in [-0.15, -0.1) is 0 Å². The smallest absolute Gasteiger partial charge is 0.0538 e. The monoisotopic (exact) mass is 176 g/mol. The van der Waals surface area contributed by atoms with Crippen molar-refractivity contribution in [3.8, 4) is 0 Å². The number of fused-ring (bicyclic) bond motifs is 1. The fraction of sp³-hybridized carbons (Fsp3) is 0.455. The average Bonchev–Trinajstić information content (AvgIpc) is 2.42. The summed E-state index contributed by atoms with van der Waals surface area (Å²) >= 11 is 0. The largest absolute Gasteiger partial charge is 0.318 e. The van der Waals surface area contributed by atoms with Crippen LogP contribution >= 0.6 is 0 Å². The molecule has 1 heterocycles. The van der Waals surface area contributed by atoms with Crippen molar-refractivity contribution in [2.45, 2.75) is 26.3 Å². The predicted octanol–water partition coefficient (Wildman–Crippen LogP) is 2.58. The van der Waals surface area contributed by atoms with Crippen molar-refractivity contribution in [3.05, 3.63) is 29.3 Å². The highest BCUT2D eigenvalue weighted by molar-refractivity contribution is 5.55. The summed E-state index contributed by atoms with van der Waals surface area (Å²) in [6, 6.07) is 6.70. The molecule has 0 unspecified atom stereocenters. The van der Waals surface area contributed by atoms with E-state index in [0.29, 0.717) is 5.92 Å². The van der Waals surface area contributed by atoms with Crippen LogP contribution in [-0.4, -0.2) is 12.1 Å². The van der Waals surface area contributed by atoms with Gasteiger partial charge in [0.1, 0.15) is 0 Å². The second-order valence-corrected chi connectivity index (χ2v) is 4.04. The number of hydrogen-bond donors (Lipinski definition) is 1. The van der Waals surface area contributed by atoms with Crippen molar-refractivity contribution in [2.24, 2.45) is 0 Å². The van der Waals surface area contributed by atoms with Gasteiger partial charge >= 0.3 is 0 Å². The van der Waals surface area contributed by atoms with E-state index in [1.807, 2.05) is 0 Å². The molecular formula is C11H16N2. The van der Waals surface area contributed by atoms with Crippen LogP contribution < -0.4 is 5.43 Å². The molecule has 1 aliphatic rings. The standard InChI is InChI=1S/C11H16N2/c1-8(2)9-4-5-10-7-13(3)12-11(10)6-9/h4-6,8,12H,7H2,1-3H3. The van der Waals surface area contributed by atoms with Crippen molar-refractivity contribution in [2.75, 3.05) is 12.5 Å². The minimum atomic E-state index is 0.609. The SMILES string of the molecule is CC(C)c1ccc2c(c1)NN(C)C2. The van der Waals surface area contributed by atoms with E-state index >= 15 is 0 Å². The number of rotatable bonds is 1. The van der Waals surface area contributed by atoms with Crippen LogP contribution in [-0.2, 0) is 6.54 Å². The van der Waals surface area contributed by atoms with Gasteiger partial charge in [-0.25, -0.2) is 5.01 Å². The Bertz CT molecular complexity index is 318. The molecule has 0 bridgehead atoms. The minimum Gasteiger partial charge on any atom is -0.318 e. The lowest BCUT2D eigenvalue weighted by Crippen LogP contribution is -2.16. The van der Waals surface area contributed by atoms with Crippen molar-refractivity contribution < 1.29 is 0 Å². The average molecular weight is 176 g/mol. The van der Waals surface area contributed by atoms with Crippen LogP contribution in [0, 0.1) is 0 Å². The Balaban J connectivity index is 2.35. The second-order valence-electron chi connectivity index (χ2n) is 4.04. The molecule has 2 heteroatoms. The molecule has 0 spiro atoms. The predicted molar refractivity (Wildman–Crippen MR) is 55.6 cm³/mol. The van der Waals surface area contributed by atoms with E-state index in [1.165, 1.54) is 16.8 Å². The van der Waals surface area contributed by atoms with E-state index in [-0.39, 0.29) is 0 Å². The van der Waals surface area contributed by atoms with E-state index in [0.717, 1.165) is 6.54 Å². The number of hydrazine groups is 1. The summed E-state index contributed by atoms with van der Waals surface area (Å²) in [6.07, 6.45) is 0. The van der Waals surface area contributed by atoms with E-state index in [9.17, 15) is 0 Å². The maximum atomic E-state index is 3.33. The van der Waals surface area contributed by atoms with Crippen LogP contribution in [0.1, 0.15) is 30.9 Å². The van der Waals surface area contributed by atoms with Gasteiger partial charge in [-0.05, 0) is 23.1 Å². The van der Waals surface area contributed by atoms with Gasteiger partial charge < -0.3 is 5.43 Å². The third-order valence-corrected chi connectivity index (χ3v) is 2.52. The molecule has 1 aromatic rings. The lowest BCUT2D eigenvalue weighted by molar-refractivity contribution is 0.422. The van der Waals surface area contributed by atoms with Crippen molar-refractivity contribution in [1.82, 2.24) is 5.01 Å². The molecular weight excluding hydrogens is 160 g/mol. The summed E-state index contributed by atoms with van der Waals surface area (Å²) in [5, 5.41) is 2.11. The summed E-state index contributed by atoms with van der Waals surface area (Å²) < 4.78 is 0. The van der Waals surface area contributed by atoms with Gasteiger partial charge in [0.2, 0.25) is 0 Å². The maximum absolute atomic E-state index is 3.33. The van der Waals surface area contributed by atoms with Crippen LogP contribution in [0.25, 0.3) is 0 Å². The lowest BCUT2D eigenvalue weighted by Gasteiger charge is -2.08. The van der Waals surface area contributed by atoms with Crippen LogP contribution in [0.4, 0.5) is 5.69 Å². The van der Waals surface area contributed by atoms with E-state index in [4.69, 9.17) is 0 Å². The van der Waals surface area contributed by atoms with Gasteiger partial charge in [0.15, 0.2) is 0 Å². The van der Waals surface area contributed by atoms with Gasteiger partial charge in [0.05, 0.1) is 5.69 Å². The van der Waals surface area contributed by atoms with Gasteiger partial charge in [0.25, 0.3) is 0 Å². The summed E-state index contributed by atoms with van der Waals surface area (Å²) in [5.74, 6) is 0.609. The van der Waals surface area contributed by atoms with E-state index < -0.39 is 0 Å². The third kappa shape index (κ3) is 1.54. The van der Waals surface area contributed by atoms with Gasteiger partial charge in [-0.1, -0.05) is 26.0 Å². The summed E-state index contributed by atoms with van der Waals surface area (Å²) in [5.41, 5.74) is 7.40. The molecule has 70 valence electrons. The molecule has 0 aliphatic carbocycles. The molecule has 1 aromatic carbocycles. The van der Waals surface area contributed by atoms with E-state index in [2.05, 4.69) is 49.5 Å². The molecule has 0 radical (unpaired) electrons. The Kier molecular flexibility index (Phi) is 2.00. The van der Waals surface area contributed by atoms with Crippen LogP contribution in [0.15, 0.2) is 18.2 Å². The van der Waals surface area contributed by atoms with E-state index in [1.54, 1.807) is 0 Å². The Morgan fingerprint density at radius 1 is 1.38 bits per heavy atom. The van der Waals surface area contributed by atoms with Crippen LogP contribution in [0.2, 0.25) is 0 Å². The lowest BCUT2D eigenvalue weighted by atomic mass is 10.0. The Morgan fingerprint density at radius 3 is 2.85 bits per heavy atom. The molecule has 0 fully saturated rings. The minimum absolute atomic E-state index is 0.609. The quantitative estimate of drug-likeness (QED) is 0.707. The first-order chi connectivity index (χ1) is 6.16. The number of nitrogens with one attached hydrogen (secondary N) is 1. The number of anilines is 1. The third-order valence-electron chi connectivity index (χ3n) is 2.52. The molecule has 0 aromatic heterocycles. The Morgan fingerprint density at radius 2 is 2.15 bits per heavy atom. The molecule has 1 aliphatic heterocycles. The van der Waals surface area contributed by atoms with Crippen molar-refractivity contribution in [3.63, 3.8) is 0 Å².